The van der Waals surface area contributed by atoms with E-state index >= 15 is 0 Å². The van der Waals surface area contributed by atoms with Gasteiger partial charge in [-0.1, -0.05) is 48.2 Å². The molecule has 0 aliphatic heterocycles. The maximum absolute atomic E-state index is 12.4. The molecular weight excluding hydrogens is 414 g/mol. The first-order valence-electron chi connectivity index (χ1n) is 9.44. The lowest BCUT2D eigenvalue weighted by atomic mass is 10.1. The van der Waals surface area contributed by atoms with Crippen molar-refractivity contribution in [1.29, 1.82) is 0 Å². The zero-order valence-corrected chi connectivity index (χ0v) is 18.5. The first-order valence-corrected chi connectivity index (χ1v) is 11.3. The number of anilines is 1. The highest BCUT2D eigenvalue weighted by Crippen LogP contribution is 2.29. The number of hydrogen-bond acceptors (Lipinski definition) is 6. The second-order valence-corrected chi connectivity index (χ2v) is 8.71. The van der Waals surface area contributed by atoms with Gasteiger partial charge in [-0.05, 0) is 44.0 Å². The van der Waals surface area contributed by atoms with Crippen molar-refractivity contribution in [3.05, 3.63) is 70.7 Å². The number of nitrogens with one attached hydrogen (secondary N) is 1. The smallest absolute Gasteiger partial charge is 0.236 e. The third-order valence-electron chi connectivity index (χ3n) is 4.61. The zero-order chi connectivity index (χ0) is 21.1. The Morgan fingerprint density at radius 3 is 2.57 bits per heavy atom. The van der Waals surface area contributed by atoms with E-state index in [1.54, 1.807) is 0 Å². The van der Waals surface area contributed by atoms with Crippen LogP contribution in [-0.4, -0.2) is 31.4 Å². The third-order valence-corrected chi connectivity index (χ3v) is 6.42. The highest BCUT2D eigenvalue weighted by Gasteiger charge is 2.18. The molecule has 0 aliphatic rings. The first-order chi connectivity index (χ1) is 14.5. The van der Waals surface area contributed by atoms with Gasteiger partial charge in [-0.15, -0.1) is 21.5 Å². The number of nitrogens with zero attached hydrogens (tertiary/aromatic N) is 4. The number of aryl methyl sites for hydroxylation is 3. The van der Waals surface area contributed by atoms with Gasteiger partial charge in [0.2, 0.25) is 5.91 Å². The van der Waals surface area contributed by atoms with E-state index in [1.165, 1.54) is 34.2 Å². The molecule has 2 aromatic heterocycles. The summed E-state index contributed by atoms with van der Waals surface area (Å²) in [6, 6.07) is 16.2. The average Bonchev–Trinajstić information content (AvgIpc) is 3.35. The summed E-state index contributed by atoms with van der Waals surface area (Å²) in [6.07, 6.45) is 0. The Balaban J connectivity index is 1.63. The second kappa shape index (κ2) is 8.81. The monoisotopic (exact) mass is 435 g/mol. The van der Waals surface area contributed by atoms with E-state index < -0.39 is 0 Å². The van der Waals surface area contributed by atoms with Crippen molar-refractivity contribution in [3.8, 4) is 17.1 Å². The number of hydrogen-bond donors (Lipinski definition) is 1. The van der Waals surface area contributed by atoms with Crippen LogP contribution < -0.4 is 5.32 Å². The lowest BCUT2D eigenvalue weighted by Crippen LogP contribution is -2.14. The van der Waals surface area contributed by atoms with Crippen LogP contribution in [0.4, 0.5) is 5.13 Å². The molecule has 1 amide bonds. The maximum atomic E-state index is 12.4. The molecule has 0 spiro atoms. The van der Waals surface area contributed by atoms with Gasteiger partial charge in [0.15, 0.2) is 16.1 Å². The summed E-state index contributed by atoms with van der Waals surface area (Å²) in [5.74, 6) is 0.846. The molecule has 0 saturated heterocycles. The molecule has 8 heteroatoms. The van der Waals surface area contributed by atoms with Crippen LogP contribution in [0.25, 0.3) is 17.1 Å². The van der Waals surface area contributed by atoms with Gasteiger partial charge in [0.05, 0.1) is 17.1 Å². The molecule has 0 aliphatic carbocycles. The van der Waals surface area contributed by atoms with Crippen LogP contribution in [0.2, 0.25) is 0 Å². The summed E-state index contributed by atoms with van der Waals surface area (Å²) in [5, 5.41) is 14.8. The van der Waals surface area contributed by atoms with Gasteiger partial charge in [-0.3, -0.25) is 9.36 Å². The Labute approximate surface area is 183 Å². The van der Waals surface area contributed by atoms with Gasteiger partial charge in [-0.25, -0.2) is 4.98 Å². The molecule has 0 radical (unpaired) electrons. The molecular formula is C22H21N5OS2. The molecule has 2 aromatic carbocycles. The Morgan fingerprint density at radius 2 is 1.87 bits per heavy atom. The van der Waals surface area contributed by atoms with E-state index in [-0.39, 0.29) is 11.7 Å². The molecule has 4 rings (SSSR count). The Hall–Kier alpha value is -2.97. The van der Waals surface area contributed by atoms with Gasteiger partial charge in [0, 0.05) is 10.9 Å². The van der Waals surface area contributed by atoms with Gasteiger partial charge >= 0.3 is 0 Å². The highest BCUT2D eigenvalue weighted by molar-refractivity contribution is 7.99. The van der Waals surface area contributed by atoms with Crippen molar-refractivity contribution in [3.63, 3.8) is 0 Å². The van der Waals surface area contributed by atoms with Crippen molar-refractivity contribution in [1.82, 2.24) is 19.7 Å². The summed E-state index contributed by atoms with van der Waals surface area (Å²) < 4.78 is 2.01. The van der Waals surface area contributed by atoms with E-state index in [0.717, 1.165) is 22.8 Å². The van der Waals surface area contributed by atoms with Gasteiger partial charge in [0.25, 0.3) is 0 Å². The predicted octanol–water partition coefficient (Wildman–Crippen LogP) is 5.05. The molecule has 4 aromatic rings. The molecule has 6 nitrogen and oxygen atoms in total. The third kappa shape index (κ3) is 4.44. The van der Waals surface area contributed by atoms with Crippen molar-refractivity contribution in [2.45, 2.75) is 25.9 Å². The van der Waals surface area contributed by atoms with Crippen LogP contribution in [0.1, 0.15) is 16.8 Å². The minimum atomic E-state index is -0.120. The Kier molecular flexibility index (Phi) is 5.96. The Bertz CT molecular complexity index is 1180. The van der Waals surface area contributed by atoms with Crippen LogP contribution in [-0.2, 0) is 4.79 Å². The number of benzene rings is 2. The van der Waals surface area contributed by atoms with Crippen molar-refractivity contribution >= 4 is 34.1 Å². The zero-order valence-electron chi connectivity index (χ0n) is 16.9. The maximum Gasteiger partial charge on any atom is 0.236 e. The fourth-order valence-corrected chi connectivity index (χ4v) is 4.39. The van der Waals surface area contributed by atoms with E-state index in [9.17, 15) is 4.79 Å². The fraction of sp³-hybridized carbons (Fsp3) is 0.182. The number of amides is 1. The van der Waals surface area contributed by atoms with Crippen LogP contribution >= 0.6 is 23.1 Å². The molecule has 152 valence electrons. The summed E-state index contributed by atoms with van der Waals surface area (Å²) >= 11 is 2.77. The molecule has 0 atom stereocenters. The van der Waals surface area contributed by atoms with Gasteiger partial charge in [0.1, 0.15) is 0 Å². The van der Waals surface area contributed by atoms with Crippen molar-refractivity contribution in [2.75, 3.05) is 11.1 Å². The number of rotatable bonds is 6. The summed E-state index contributed by atoms with van der Waals surface area (Å²) in [7, 11) is 0. The minimum Gasteiger partial charge on any atom is -0.301 e. The van der Waals surface area contributed by atoms with Crippen LogP contribution in [0.3, 0.4) is 0 Å². The number of thiazole rings is 1. The quantitative estimate of drug-likeness (QED) is 0.429. The highest BCUT2D eigenvalue weighted by atomic mass is 32.2. The van der Waals surface area contributed by atoms with E-state index in [2.05, 4.69) is 52.5 Å². The molecule has 30 heavy (non-hydrogen) atoms. The molecule has 0 bridgehead atoms. The second-order valence-electron chi connectivity index (χ2n) is 6.91. The van der Waals surface area contributed by atoms with Crippen molar-refractivity contribution < 1.29 is 4.79 Å². The predicted molar refractivity (Wildman–Crippen MR) is 122 cm³/mol. The first kappa shape index (κ1) is 20.3. The molecule has 0 unspecified atom stereocenters. The lowest BCUT2D eigenvalue weighted by molar-refractivity contribution is -0.113. The number of thioether (sulfide) groups is 1. The lowest BCUT2D eigenvalue weighted by Gasteiger charge is -2.12. The number of carbonyl (C=O) groups excluding carboxylic acids is 1. The molecule has 0 fully saturated rings. The van der Waals surface area contributed by atoms with Gasteiger partial charge < -0.3 is 5.32 Å². The van der Waals surface area contributed by atoms with Crippen LogP contribution in [0, 0.1) is 20.8 Å². The van der Waals surface area contributed by atoms with E-state index in [0.29, 0.717) is 10.3 Å². The standard InChI is InChI=1S/C22H21N5OS2/c1-14-9-10-18(11-15(14)2)27-20(17-7-5-4-6-8-17)25-26-22(27)30-13-19(28)24-21-23-16(3)12-29-21/h4-12H,13H2,1-3H3,(H,23,24,28). The van der Waals surface area contributed by atoms with E-state index in [1.807, 2.05) is 47.2 Å². The number of aromatic nitrogens is 4. The minimum absolute atomic E-state index is 0.120. The summed E-state index contributed by atoms with van der Waals surface area (Å²) in [5.41, 5.74) is 5.25. The average molecular weight is 436 g/mol. The van der Waals surface area contributed by atoms with Crippen molar-refractivity contribution in [2.24, 2.45) is 0 Å². The van der Waals surface area contributed by atoms with E-state index in [4.69, 9.17) is 0 Å². The topological polar surface area (TPSA) is 72.7 Å². The molecule has 1 N–H and O–H groups in total. The summed E-state index contributed by atoms with van der Waals surface area (Å²) in [4.78, 5) is 16.7. The normalized spacial score (nSPS) is 10.9. The fourth-order valence-electron chi connectivity index (χ4n) is 2.93. The number of carbonyl (C=O) groups is 1. The largest absolute Gasteiger partial charge is 0.301 e. The Morgan fingerprint density at radius 1 is 1.07 bits per heavy atom. The van der Waals surface area contributed by atoms with Crippen LogP contribution in [0.15, 0.2) is 59.1 Å². The molecule has 0 saturated carbocycles. The SMILES string of the molecule is Cc1csc(NC(=O)CSc2nnc(-c3ccccc3)n2-c2ccc(C)c(C)c2)n1. The molecule has 2 heterocycles. The summed E-state index contributed by atoms with van der Waals surface area (Å²) in [6.45, 7) is 6.07. The van der Waals surface area contributed by atoms with Gasteiger partial charge in [-0.2, -0.15) is 0 Å². The van der Waals surface area contributed by atoms with Crippen LogP contribution in [0.5, 0.6) is 0 Å².